The average Bonchev–Trinajstić information content (AvgIpc) is 2.14. The maximum absolute atomic E-state index is 12.3. The van der Waals surface area contributed by atoms with E-state index in [-0.39, 0.29) is 10.6 Å². The third kappa shape index (κ3) is 4.65. The van der Waals surface area contributed by atoms with Crippen molar-refractivity contribution in [1.82, 2.24) is 0 Å². The Labute approximate surface area is 101 Å². The van der Waals surface area contributed by atoms with Gasteiger partial charge in [0.2, 0.25) is 0 Å². The van der Waals surface area contributed by atoms with Crippen LogP contribution < -0.4 is 0 Å². The minimum Gasteiger partial charge on any atom is -0.481 e. The van der Waals surface area contributed by atoms with Crippen molar-refractivity contribution in [2.24, 2.45) is 0 Å². The SMILES string of the molecule is O=C(O)CC(CC(F)(F)F)c1ccccc1Cl. The number of benzene rings is 1. The molecule has 0 spiro atoms. The third-order valence-corrected chi connectivity index (χ3v) is 2.59. The Morgan fingerprint density at radius 2 is 1.94 bits per heavy atom. The molecule has 1 unspecified atom stereocenters. The summed E-state index contributed by atoms with van der Waals surface area (Å²) in [6.45, 7) is 0. The Hall–Kier alpha value is -1.23. The molecule has 2 nitrogen and oxygen atoms in total. The molecule has 0 radical (unpaired) electrons. The predicted octanol–water partition coefficient (Wildman–Crippen LogP) is 3.85. The first-order chi connectivity index (χ1) is 7.79. The van der Waals surface area contributed by atoms with Gasteiger partial charge in [-0.2, -0.15) is 13.2 Å². The highest BCUT2D eigenvalue weighted by Gasteiger charge is 2.34. The van der Waals surface area contributed by atoms with Crippen molar-refractivity contribution in [3.05, 3.63) is 34.9 Å². The van der Waals surface area contributed by atoms with Gasteiger partial charge in [0, 0.05) is 10.9 Å². The van der Waals surface area contributed by atoms with Gasteiger partial charge < -0.3 is 5.11 Å². The fourth-order valence-corrected chi connectivity index (χ4v) is 1.88. The van der Waals surface area contributed by atoms with Gasteiger partial charge in [0.25, 0.3) is 0 Å². The lowest BCUT2D eigenvalue weighted by Crippen LogP contribution is -2.17. The molecule has 1 N–H and O–H groups in total. The van der Waals surface area contributed by atoms with Crippen LogP contribution >= 0.6 is 11.6 Å². The number of hydrogen-bond donors (Lipinski definition) is 1. The Balaban J connectivity index is 2.98. The van der Waals surface area contributed by atoms with E-state index in [0.29, 0.717) is 0 Å². The zero-order valence-electron chi connectivity index (χ0n) is 8.67. The number of aliphatic carboxylic acids is 1. The van der Waals surface area contributed by atoms with Crippen LogP contribution in [0.5, 0.6) is 0 Å². The smallest absolute Gasteiger partial charge is 0.389 e. The lowest BCUT2D eigenvalue weighted by Gasteiger charge is -2.18. The van der Waals surface area contributed by atoms with Crippen molar-refractivity contribution in [3.63, 3.8) is 0 Å². The number of rotatable bonds is 4. The quantitative estimate of drug-likeness (QED) is 0.899. The summed E-state index contributed by atoms with van der Waals surface area (Å²) < 4.78 is 37.0. The van der Waals surface area contributed by atoms with E-state index in [9.17, 15) is 18.0 Å². The van der Waals surface area contributed by atoms with Gasteiger partial charge in [-0.05, 0) is 11.6 Å². The van der Waals surface area contributed by atoms with E-state index in [1.165, 1.54) is 18.2 Å². The largest absolute Gasteiger partial charge is 0.481 e. The molecular weight excluding hydrogens is 257 g/mol. The summed E-state index contributed by atoms with van der Waals surface area (Å²) in [7, 11) is 0. The Kier molecular flexibility index (Phi) is 4.40. The number of carboxylic acid groups (broad SMARTS) is 1. The molecule has 0 amide bonds. The predicted molar refractivity (Wildman–Crippen MR) is 57.1 cm³/mol. The molecule has 94 valence electrons. The van der Waals surface area contributed by atoms with E-state index in [0.717, 1.165) is 0 Å². The van der Waals surface area contributed by atoms with Gasteiger partial charge in [-0.15, -0.1) is 0 Å². The Morgan fingerprint density at radius 3 is 2.41 bits per heavy atom. The highest BCUT2D eigenvalue weighted by Crippen LogP contribution is 2.36. The maximum atomic E-state index is 12.3. The monoisotopic (exact) mass is 266 g/mol. The number of hydrogen-bond acceptors (Lipinski definition) is 1. The highest BCUT2D eigenvalue weighted by atomic mass is 35.5. The van der Waals surface area contributed by atoms with Gasteiger partial charge in [0.05, 0.1) is 12.8 Å². The molecule has 0 fully saturated rings. The average molecular weight is 267 g/mol. The fourth-order valence-electron chi connectivity index (χ4n) is 1.59. The number of halogens is 4. The molecule has 0 aliphatic carbocycles. The van der Waals surface area contributed by atoms with Crippen molar-refractivity contribution in [2.75, 3.05) is 0 Å². The van der Waals surface area contributed by atoms with Crippen molar-refractivity contribution in [2.45, 2.75) is 24.9 Å². The van der Waals surface area contributed by atoms with E-state index in [1.54, 1.807) is 6.07 Å². The summed E-state index contributed by atoms with van der Waals surface area (Å²) in [5, 5.41) is 8.78. The minimum atomic E-state index is -4.42. The van der Waals surface area contributed by atoms with Gasteiger partial charge in [-0.25, -0.2) is 0 Å². The van der Waals surface area contributed by atoms with Gasteiger partial charge in [0.1, 0.15) is 0 Å². The first kappa shape index (κ1) is 13.8. The topological polar surface area (TPSA) is 37.3 Å². The lowest BCUT2D eigenvalue weighted by atomic mass is 9.92. The van der Waals surface area contributed by atoms with E-state index < -0.39 is 30.9 Å². The van der Waals surface area contributed by atoms with Crippen LogP contribution in [-0.4, -0.2) is 17.3 Å². The van der Waals surface area contributed by atoms with Crippen LogP contribution in [0.2, 0.25) is 5.02 Å². The summed E-state index contributed by atoms with van der Waals surface area (Å²) in [5.41, 5.74) is 0.217. The van der Waals surface area contributed by atoms with Crippen LogP contribution in [-0.2, 0) is 4.79 Å². The van der Waals surface area contributed by atoms with Gasteiger partial charge in [-0.1, -0.05) is 29.8 Å². The molecule has 0 aliphatic rings. The van der Waals surface area contributed by atoms with Crippen molar-refractivity contribution in [3.8, 4) is 0 Å². The number of alkyl halides is 3. The minimum absolute atomic E-state index is 0.156. The number of carbonyl (C=O) groups is 1. The van der Waals surface area contributed by atoms with Crippen LogP contribution in [0, 0.1) is 0 Å². The summed E-state index contributed by atoms with van der Waals surface area (Å²) in [6.07, 6.45) is -6.20. The Bertz CT molecular complexity index is 404. The van der Waals surface area contributed by atoms with E-state index in [1.807, 2.05) is 0 Å². The molecule has 1 aromatic rings. The highest BCUT2D eigenvalue weighted by molar-refractivity contribution is 6.31. The second-order valence-electron chi connectivity index (χ2n) is 3.64. The molecule has 0 heterocycles. The fraction of sp³-hybridized carbons (Fsp3) is 0.364. The molecule has 17 heavy (non-hydrogen) atoms. The molecule has 1 atom stereocenters. The van der Waals surface area contributed by atoms with Crippen molar-refractivity contribution in [1.29, 1.82) is 0 Å². The molecule has 0 aromatic heterocycles. The Morgan fingerprint density at radius 1 is 1.35 bits per heavy atom. The molecule has 1 rings (SSSR count). The van der Waals surface area contributed by atoms with Gasteiger partial charge in [0.15, 0.2) is 0 Å². The molecule has 0 aliphatic heterocycles. The van der Waals surface area contributed by atoms with Gasteiger partial charge in [-0.3, -0.25) is 4.79 Å². The van der Waals surface area contributed by atoms with Crippen LogP contribution in [0.4, 0.5) is 13.2 Å². The summed E-state index contributed by atoms with van der Waals surface area (Å²) in [4.78, 5) is 10.6. The molecule has 0 saturated heterocycles. The number of carboxylic acids is 1. The van der Waals surface area contributed by atoms with Crippen LogP contribution in [0.25, 0.3) is 0 Å². The summed E-state index contributed by atoms with van der Waals surface area (Å²) in [6, 6.07) is 5.98. The lowest BCUT2D eigenvalue weighted by molar-refractivity contribution is -0.145. The zero-order chi connectivity index (χ0) is 13.1. The van der Waals surface area contributed by atoms with Crippen molar-refractivity contribution < 1.29 is 23.1 Å². The van der Waals surface area contributed by atoms with Crippen molar-refractivity contribution >= 4 is 17.6 Å². The second kappa shape index (κ2) is 5.40. The molecule has 0 saturated carbocycles. The summed E-state index contributed by atoms with van der Waals surface area (Å²) >= 11 is 5.77. The summed E-state index contributed by atoms with van der Waals surface area (Å²) in [5.74, 6) is -2.43. The maximum Gasteiger partial charge on any atom is 0.389 e. The molecule has 0 bridgehead atoms. The zero-order valence-corrected chi connectivity index (χ0v) is 9.42. The van der Waals surface area contributed by atoms with E-state index in [4.69, 9.17) is 16.7 Å². The van der Waals surface area contributed by atoms with Crippen LogP contribution in [0.15, 0.2) is 24.3 Å². The second-order valence-corrected chi connectivity index (χ2v) is 4.04. The first-order valence-electron chi connectivity index (χ1n) is 4.82. The van der Waals surface area contributed by atoms with Gasteiger partial charge >= 0.3 is 12.1 Å². The van der Waals surface area contributed by atoms with E-state index in [2.05, 4.69) is 0 Å². The molecule has 1 aromatic carbocycles. The molecular formula is C11H10ClF3O2. The van der Waals surface area contributed by atoms with Crippen LogP contribution in [0.1, 0.15) is 24.3 Å². The normalized spacial score (nSPS) is 13.4. The van der Waals surface area contributed by atoms with Crippen LogP contribution in [0.3, 0.4) is 0 Å². The van der Waals surface area contributed by atoms with E-state index >= 15 is 0 Å². The first-order valence-corrected chi connectivity index (χ1v) is 5.20. The standard InChI is InChI=1S/C11H10ClF3O2/c12-9-4-2-1-3-8(9)7(5-10(16)17)6-11(13,14)15/h1-4,7H,5-6H2,(H,16,17). The third-order valence-electron chi connectivity index (χ3n) is 2.24. The molecule has 6 heteroatoms.